The molecule has 0 saturated carbocycles. The first-order valence-electron chi connectivity index (χ1n) is 8.56. The lowest BCUT2D eigenvalue weighted by Crippen LogP contribution is -2.49. The minimum absolute atomic E-state index is 0.322. The highest BCUT2D eigenvalue weighted by atomic mass is 15.2. The van der Waals surface area contributed by atoms with Crippen LogP contribution in [-0.2, 0) is 0 Å². The zero-order valence-electron chi connectivity index (χ0n) is 15.1. The van der Waals surface area contributed by atoms with Crippen molar-refractivity contribution >= 4 is 0 Å². The van der Waals surface area contributed by atoms with Crippen LogP contribution in [0.2, 0.25) is 0 Å². The highest BCUT2D eigenvalue weighted by molar-refractivity contribution is 4.83. The number of likely N-dealkylation sites (N-methyl/N-ethyl adjacent to an activating group) is 2. The van der Waals surface area contributed by atoms with Crippen LogP contribution in [0.1, 0.15) is 54.9 Å². The van der Waals surface area contributed by atoms with Gasteiger partial charge in [-0.3, -0.25) is 0 Å². The molecule has 0 aromatic heterocycles. The molecule has 0 rings (SSSR count). The van der Waals surface area contributed by atoms with Crippen molar-refractivity contribution in [2.45, 2.75) is 60.9 Å². The first-order chi connectivity index (χ1) is 9.38. The third-order valence-electron chi connectivity index (χ3n) is 4.23. The van der Waals surface area contributed by atoms with Crippen molar-refractivity contribution in [3.63, 3.8) is 0 Å². The Bertz CT molecular complexity index is 219. The van der Waals surface area contributed by atoms with Gasteiger partial charge in [0.05, 0.1) is 0 Å². The van der Waals surface area contributed by atoms with Crippen LogP contribution in [-0.4, -0.2) is 61.7 Å². The normalized spacial score (nSPS) is 14.2. The SMILES string of the molecule is CCNC(CN(CC)CCCN(CC)CC)C(C)(C)C. The van der Waals surface area contributed by atoms with E-state index in [0.717, 1.165) is 19.6 Å². The number of nitrogens with one attached hydrogen (secondary N) is 1. The Hall–Kier alpha value is -0.120. The Labute approximate surface area is 128 Å². The molecule has 3 nitrogen and oxygen atoms in total. The summed E-state index contributed by atoms with van der Waals surface area (Å²) in [7, 11) is 0. The molecule has 0 amide bonds. The molecule has 1 atom stereocenters. The maximum absolute atomic E-state index is 3.66. The van der Waals surface area contributed by atoms with E-state index < -0.39 is 0 Å². The van der Waals surface area contributed by atoms with E-state index in [1.165, 1.54) is 32.6 Å². The molecule has 122 valence electrons. The van der Waals surface area contributed by atoms with E-state index in [2.05, 4.69) is 63.6 Å². The van der Waals surface area contributed by atoms with Gasteiger partial charge in [0, 0.05) is 12.6 Å². The van der Waals surface area contributed by atoms with Crippen molar-refractivity contribution in [3.05, 3.63) is 0 Å². The molecule has 0 bridgehead atoms. The fraction of sp³-hybridized carbons (Fsp3) is 1.00. The Morgan fingerprint density at radius 2 is 1.35 bits per heavy atom. The molecule has 3 heteroatoms. The lowest BCUT2D eigenvalue weighted by molar-refractivity contribution is 0.171. The van der Waals surface area contributed by atoms with Gasteiger partial charge in [-0.25, -0.2) is 0 Å². The van der Waals surface area contributed by atoms with Crippen molar-refractivity contribution in [3.8, 4) is 0 Å². The summed E-state index contributed by atoms with van der Waals surface area (Å²) in [5, 5.41) is 3.66. The fourth-order valence-corrected chi connectivity index (χ4v) is 2.59. The summed E-state index contributed by atoms with van der Waals surface area (Å²) < 4.78 is 0. The fourth-order valence-electron chi connectivity index (χ4n) is 2.59. The molecule has 0 radical (unpaired) electrons. The van der Waals surface area contributed by atoms with Gasteiger partial charge in [0.25, 0.3) is 0 Å². The standard InChI is InChI=1S/C17H39N3/c1-8-18-16(17(5,6)7)15-20(11-4)14-12-13-19(9-2)10-3/h16,18H,8-15H2,1-7H3. The summed E-state index contributed by atoms with van der Waals surface area (Å²) in [5.41, 5.74) is 0.322. The molecule has 0 aliphatic carbocycles. The molecule has 1 unspecified atom stereocenters. The van der Waals surface area contributed by atoms with Crippen molar-refractivity contribution in [2.24, 2.45) is 5.41 Å². The molecule has 0 fully saturated rings. The third kappa shape index (κ3) is 8.23. The molecule has 0 aliphatic rings. The maximum atomic E-state index is 3.66. The van der Waals surface area contributed by atoms with E-state index >= 15 is 0 Å². The molecule has 0 heterocycles. The monoisotopic (exact) mass is 285 g/mol. The van der Waals surface area contributed by atoms with Gasteiger partial charge < -0.3 is 15.1 Å². The van der Waals surface area contributed by atoms with Crippen LogP contribution in [0.25, 0.3) is 0 Å². The van der Waals surface area contributed by atoms with Gasteiger partial charge in [-0.05, 0) is 51.1 Å². The minimum Gasteiger partial charge on any atom is -0.312 e. The summed E-state index contributed by atoms with van der Waals surface area (Å²) >= 11 is 0. The van der Waals surface area contributed by atoms with Gasteiger partial charge in [0.1, 0.15) is 0 Å². The van der Waals surface area contributed by atoms with Crippen LogP contribution in [0.5, 0.6) is 0 Å². The van der Waals surface area contributed by atoms with Crippen molar-refractivity contribution in [1.82, 2.24) is 15.1 Å². The quantitative estimate of drug-likeness (QED) is 0.629. The number of hydrogen-bond donors (Lipinski definition) is 1. The second kappa shape index (κ2) is 10.6. The molecule has 0 aromatic rings. The van der Waals surface area contributed by atoms with Crippen molar-refractivity contribution in [1.29, 1.82) is 0 Å². The summed E-state index contributed by atoms with van der Waals surface area (Å²) in [4.78, 5) is 5.11. The molecular weight excluding hydrogens is 246 g/mol. The summed E-state index contributed by atoms with van der Waals surface area (Å²) in [6.07, 6.45) is 1.28. The van der Waals surface area contributed by atoms with Crippen molar-refractivity contribution < 1.29 is 0 Å². The van der Waals surface area contributed by atoms with E-state index in [4.69, 9.17) is 0 Å². The maximum Gasteiger partial charge on any atom is 0.0243 e. The summed E-state index contributed by atoms with van der Waals surface area (Å²) in [5.74, 6) is 0. The molecular formula is C17H39N3. The molecule has 0 spiro atoms. The van der Waals surface area contributed by atoms with Crippen LogP contribution in [0.3, 0.4) is 0 Å². The third-order valence-corrected chi connectivity index (χ3v) is 4.23. The number of rotatable bonds is 11. The lowest BCUT2D eigenvalue weighted by Gasteiger charge is -2.36. The molecule has 0 saturated heterocycles. The van der Waals surface area contributed by atoms with Crippen LogP contribution in [0.4, 0.5) is 0 Å². The van der Waals surface area contributed by atoms with Gasteiger partial charge in [0.2, 0.25) is 0 Å². The minimum atomic E-state index is 0.322. The van der Waals surface area contributed by atoms with Gasteiger partial charge in [-0.1, -0.05) is 48.5 Å². The predicted molar refractivity (Wildman–Crippen MR) is 91.4 cm³/mol. The Balaban J connectivity index is 4.24. The topological polar surface area (TPSA) is 18.5 Å². The van der Waals surface area contributed by atoms with Crippen LogP contribution in [0, 0.1) is 5.41 Å². The Morgan fingerprint density at radius 3 is 1.75 bits per heavy atom. The number of hydrogen-bond acceptors (Lipinski definition) is 3. The van der Waals surface area contributed by atoms with E-state index in [-0.39, 0.29) is 0 Å². The lowest BCUT2D eigenvalue weighted by atomic mass is 9.86. The van der Waals surface area contributed by atoms with E-state index in [1.54, 1.807) is 0 Å². The number of nitrogens with zero attached hydrogens (tertiary/aromatic N) is 2. The first kappa shape index (κ1) is 19.9. The van der Waals surface area contributed by atoms with Gasteiger partial charge >= 0.3 is 0 Å². The molecule has 0 aliphatic heterocycles. The smallest absolute Gasteiger partial charge is 0.0243 e. The highest BCUT2D eigenvalue weighted by Gasteiger charge is 2.25. The average Bonchev–Trinajstić information content (AvgIpc) is 2.40. The zero-order valence-corrected chi connectivity index (χ0v) is 15.1. The van der Waals surface area contributed by atoms with E-state index in [9.17, 15) is 0 Å². The van der Waals surface area contributed by atoms with E-state index in [1.807, 2.05) is 0 Å². The van der Waals surface area contributed by atoms with Crippen LogP contribution < -0.4 is 5.32 Å². The zero-order chi connectivity index (χ0) is 15.6. The Morgan fingerprint density at radius 1 is 0.850 bits per heavy atom. The second-order valence-electron chi connectivity index (χ2n) is 6.75. The Kier molecular flexibility index (Phi) is 10.5. The highest BCUT2D eigenvalue weighted by Crippen LogP contribution is 2.20. The van der Waals surface area contributed by atoms with Crippen molar-refractivity contribution in [2.75, 3.05) is 45.8 Å². The largest absolute Gasteiger partial charge is 0.312 e. The molecule has 0 aromatic carbocycles. The average molecular weight is 286 g/mol. The van der Waals surface area contributed by atoms with Gasteiger partial charge in [-0.15, -0.1) is 0 Å². The van der Waals surface area contributed by atoms with Gasteiger partial charge in [0.15, 0.2) is 0 Å². The summed E-state index contributed by atoms with van der Waals surface area (Å²) in [6.45, 7) is 24.1. The second-order valence-corrected chi connectivity index (χ2v) is 6.75. The van der Waals surface area contributed by atoms with Crippen LogP contribution in [0.15, 0.2) is 0 Å². The molecule has 20 heavy (non-hydrogen) atoms. The van der Waals surface area contributed by atoms with Crippen LogP contribution >= 0.6 is 0 Å². The predicted octanol–water partition coefficient (Wildman–Crippen LogP) is 3.06. The van der Waals surface area contributed by atoms with E-state index in [0.29, 0.717) is 11.5 Å². The molecule has 1 N–H and O–H groups in total. The first-order valence-corrected chi connectivity index (χ1v) is 8.56. The summed E-state index contributed by atoms with van der Waals surface area (Å²) in [6, 6.07) is 0.570. The van der Waals surface area contributed by atoms with Gasteiger partial charge in [-0.2, -0.15) is 0 Å².